The van der Waals surface area contributed by atoms with Gasteiger partial charge in [-0.2, -0.15) is 0 Å². The zero-order valence-corrected chi connectivity index (χ0v) is 13.6. The van der Waals surface area contributed by atoms with E-state index < -0.39 is 30.0 Å². The van der Waals surface area contributed by atoms with Crippen molar-refractivity contribution >= 4 is 17.9 Å². The SMILES string of the molecule is NC(CCC(=O)O)C(=O)O.NCCCCC(N)C(=O)O.NCCO. The highest BCUT2D eigenvalue weighted by atomic mass is 16.4. The van der Waals surface area contributed by atoms with E-state index in [2.05, 4.69) is 0 Å². The fraction of sp³-hybridized carbons (Fsp3) is 0.769. The van der Waals surface area contributed by atoms with Crippen molar-refractivity contribution in [2.75, 3.05) is 19.7 Å². The summed E-state index contributed by atoms with van der Waals surface area (Å²) in [5.41, 5.74) is 20.2. The van der Waals surface area contributed by atoms with E-state index in [1.807, 2.05) is 0 Å². The summed E-state index contributed by atoms with van der Waals surface area (Å²) in [6.07, 6.45) is 1.94. The highest BCUT2D eigenvalue weighted by Crippen LogP contribution is 1.97. The summed E-state index contributed by atoms with van der Waals surface area (Å²) in [6.45, 7) is 1.08. The number of nitrogens with two attached hydrogens (primary N) is 4. The average molecular weight is 354 g/mol. The minimum Gasteiger partial charge on any atom is -0.481 e. The van der Waals surface area contributed by atoms with Crippen LogP contribution in [0.1, 0.15) is 32.1 Å². The molecular formula is C13H30N4O7. The van der Waals surface area contributed by atoms with Crippen molar-refractivity contribution in [1.29, 1.82) is 0 Å². The second kappa shape index (κ2) is 19.3. The van der Waals surface area contributed by atoms with E-state index in [9.17, 15) is 14.4 Å². The van der Waals surface area contributed by atoms with Crippen LogP contribution in [0.15, 0.2) is 0 Å². The second-order valence-electron chi connectivity index (χ2n) is 4.62. The maximum atomic E-state index is 10.1. The number of aliphatic hydroxyl groups excluding tert-OH is 1. The minimum atomic E-state index is -1.17. The number of aliphatic hydroxyl groups is 1. The van der Waals surface area contributed by atoms with Crippen LogP contribution in [-0.4, -0.2) is 70.1 Å². The third kappa shape index (κ3) is 25.2. The van der Waals surface area contributed by atoms with E-state index in [1.54, 1.807) is 0 Å². The van der Waals surface area contributed by atoms with E-state index in [0.717, 1.165) is 12.8 Å². The van der Waals surface area contributed by atoms with Crippen molar-refractivity contribution in [2.45, 2.75) is 44.2 Å². The lowest BCUT2D eigenvalue weighted by molar-refractivity contribution is -0.140. The summed E-state index contributed by atoms with van der Waals surface area (Å²) in [5, 5.41) is 32.3. The number of aliphatic carboxylic acids is 3. The van der Waals surface area contributed by atoms with Gasteiger partial charge in [0.1, 0.15) is 12.1 Å². The smallest absolute Gasteiger partial charge is 0.320 e. The van der Waals surface area contributed by atoms with Gasteiger partial charge >= 0.3 is 17.9 Å². The molecule has 24 heavy (non-hydrogen) atoms. The Morgan fingerprint density at radius 1 is 0.792 bits per heavy atom. The first-order valence-electron chi connectivity index (χ1n) is 7.33. The number of hydrogen-bond donors (Lipinski definition) is 8. The van der Waals surface area contributed by atoms with Gasteiger partial charge < -0.3 is 43.4 Å². The molecule has 0 radical (unpaired) electrons. The summed E-state index contributed by atoms with van der Waals surface area (Å²) < 4.78 is 0. The molecule has 2 unspecified atom stereocenters. The highest BCUT2D eigenvalue weighted by molar-refractivity contribution is 5.74. The lowest BCUT2D eigenvalue weighted by Gasteiger charge is -2.03. The number of carboxylic acid groups (broad SMARTS) is 3. The normalized spacial score (nSPS) is 11.9. The first-order chi connectivity index (χ1) is 11.1. The molecule has 0 aliphatic carbocycles. The van der Waals surface area contributed by atoms with Crippen LogP contribution in [-0.2, 0) is 14.4 Å². The topological polar surface area (TPSA) is 236 Å². The molecule has 0 heterocycles. The lowest BCUT2D eigenvalue weighted by Crippen LogP contribution is -2.30. The molecule has 0 aromatic carbocycles. The molecule has 11 heteroatoms. The van der Waals surface area contributed by atoms with Crippen LogP contribution < -0.4 is 22.9 Å². The van der Waals surface area contributed by atoms with E-state index >= 15 is 0 Å². The molecule has 0 aliphatic heterocycles. The predicted octanol–water partition coefficient (Wildman–Crippen LogP) is -2.27. The van der Waals surface area contributed by atoms with Crippen LogP contribution in [0.3, 0.4) is 0 Å². The summed E-state index contributed by atoms with van der Waals surface area (Å²) in [4.78, 5) is 30.0. The molecule has 2 atom stereocenters. The van der Waals surface area contributed by atoms with Gasteiger partial charge in [0.2, 0.25) is 0 Å². The Bertz CT molecular complexity index is 340. The van der Waals surface area contributed by atoms with Crippen molar-refractivity contribution in [2.24, 2.45) is 22.9 Å². The van der Waals surface area contributed by atoms with Crippen molar-refractivity contribution in [1.82, 2.24) is 0 Å². The molecule has 0 saturated heterocycles. The molecule has 0 rings (SSSR count). The van der Waals surface area contributed by atoms with E-state index in [1.165, 1.54) is 0 Å². The van der Waals surface area contributed by atoms with Crippen molar-refractivity contribution in [3.05, 3.63) is 0 Å². The first kappa shape index (κ1) is 27.1. The maximum Gasteiger partial charge on any atom is 0.320 e. The monoisotopic (exact) mass is 354 g/mol. The van der Waals surface area contributed by atoms with Crippen LogP contribution in [0.25, 0.3) is 0 Å². The van der Waals surface area contributed by atoms with Gasteiger partial charge in [-0.05, 0) is 25.8 Å². The third-order valence-electron chi connectivity index (χ3n) is 2.40. The molecule has 11 nitrogen and oxygen atoms in total. The van der Waals surface area contributed by atoms with E-state index in [4.69, 9.17) is 43.4 Å². The Morgan fingerprint density at radius 2 is 1.21 bits per heavy atom. The van der Waals surface area contributed by atoms with Gasteiger partial charge in [0, 0.05) is 13.0 Å². The number of rotatable bonds is 10. The number of carbonyl (C=O) groups is 3. The lowest BCUT2D eigenvalue weighted by atomic mass is 10.1. The van der Waals surface area contributed by atoms with Gasteiger partial charge in [-0.25, -0.2) is 0 Å². The van der Waals surface area contributed by atoms with Gasteiger partial charge in [-0.1, -0.05) is 6.42 Å². The van der Waals surface area contributed by atoms with E-state index in [0.29, 0.717) is 19.5 Å². The Hall–Kier alpha value is -1.79. The molecular weight excluding hydrogens is 324 g/mol. The zero-order chi connectivity index (χ0) is 19.5. The molecule has 0 aromatic rings. The van der Waals surface area contributed by atoms with Gasteiger partial charge in [0.15, 0.2) is 0 Å². The Balaban J connectivity index is -0.000000301. The first-order valence-corrected chi connectivity index (χ1v) is 7.33. The Labute approximate surface area is 140 Å². The van der Waals surface area contributed by atoms with Gasteiger partial charge in [0.05, 0.1) is 6.61 Å². The Kier molecular flexibility index (Phi) is 21.7. The fourth-order valence-corrected chi connectivity index (χ4v) is 1.03. The number of carboxylic acids is 3. The van der Waals surface area contributed by atoms with Crippen molar-refractivity contribution in [3.63, 3.8) is 0 Å². The maximum absolute atomic E-state index is 10.1. The van der Waals surface area contributed by atoms with Crippen LogP contribution >= 0.6 is 0 Å². The van der Waals surface area contributed by atoms with Gasteiger partial charge in [-0.3, -0.25) is 14.4 Å². The standard InChI is InChI=1S/C6H14N2O2.C5H9NO4.C2H7NO/c7-4-2-1-3-5(8)6(9)10;6-3(5(9)10)1-2-4(7)8;3-1-2-4/h5H,1-4,7-8H2,(H,9,10);3H,1-2,6H2,(H,7,8)(H,9,10);4H,1-3H2. The number of unbranched alkanes of at least 4 members (excludes halogenated alkanes) is 1. The quantitative estimate of drug-likeness (QED) is 0.194. The van der Waals surface area contributed by atoms with Crippen LogP contribution in [0.5, 0.6) is 0 Å². The van der Waals surface area contributed by atoms with Crippen molar-refractivity contribution in [3.8, 4) is 0 Å². The average Bonchev–Trinajstić information content (AvgIpc) is 2.53. The summed E-state index contributed by atoms with van der Waals surface area (Å²) in [6, 6.07) is -1.78. The van der Waals surface area contributed by atoms with Crippen molar-refractivity contribution < 1.29 is 34.8 Å². The van der Waals surface area contributed by atoms with Crippen LogP contribution in [0, 0.1) is 0 Å². The molecule has 0 saturated carbocycles. The molecule has 0 aliphatic rings. The summed E-state index contributed by atoms with van der Waals surface area (Å²) >= 11 is 0. The molecule has 12 N–H and O–H groups in total. The largest absolute Gasteiger partial charge is 0.481 e. The molecule has 0 amide bonds. The Morgan fingerprint density at radius 3 is 1.50 bits per heavy atom. The zero-order valence-electron chi connectivity index (χ0n) is 13.6. The minimum absolute atomic E-state index is 0.0231. The van der Waals surface area contributed by atoms with Gasteiger partial charge in [-0.15, -0.1) is 0 Å². The highest BCUT2D eigenvalue weighted by Gasteiger charge is 2.12. The number of hydrogen-bond acceptors (Lipinski definition) is 8. The molecule has 0 spiro atoms. The van der Waals surface area contributed by atoms with Crippen LogP contribution in [0.2, 0.25) is 0 Å². The summed E-state index contributed by atoms with van der Waals surface area (Å²) in [5.74, 6) is -3.13. The molecule has 0 aromatic heterocycles. The molecule has 0 fully saturated rings. The second-order valence-corrected chi connectivity index (χ2v) is 4.62. The molecule has 144 valence electrons. The van der Waals surface area contributed by atoms with Crippen LogP contribution in [0.4, 0.5) is 0 Å². The summed E-state index contributed by atoms with van der Waals surface area (Å²) in [7, 11) is 0. The molecule has 0 bridgehead atoms. The third-order valence-corrected chi connectivity index (χ3v) is 2.40. The predicted molar refractivity (Wildman–Crippen MR) is 87.1 cm³/mol. The van der Waals surface area contributed by atoms with E-state index in [-0.39, 0.29) is 19.4 Å². The van der Waals surface area contributed by atoms with Gasteiger partial charge in [0.25, 0.3) is 0 Å². The fourth-order valence-electron chi connectivity index (χ4n) is 1.03.